The molecular weight excluding hydrogens is 342 g/mol. The molecule has 126 valence electrons. The van der Waals surface area contributed by atoms with Crippen molar-refractivity contribution >= 4 is 35.0 Å². The van der Waals surface area contributed by atoms with E-state index in [1.165, 1.54) is 4.88 Å². The van der Waals surface area contributed by atoms with Crippen LogP contribution < -0.4 is 0 Å². The van der Waals surface area contributed by atoms with Crippen LogP contribution in [0.5, 0.6) is 0 Å². The fraction of sp³-hybridized carbons (Fsp3) is 0.333. The number of hydrogen-bond donors (Lipinski definition) is 1. The summed E-state index contributed by atoms with van der Waals surface area (Å²) in [7, 11) is 0. The first-order chi connectivity index (χ1) is 11.6. The number of thiophene rings is 1. The van der Waals surface area contributed by atoms with Crippen LogP contribution >= 0.6 is 23.1 Å². The van der Waals surface area contributed by atoms with E-state index in [0.29, 0.717) is 31.5 Å². The summed E-state index contributed by atoms with van der Waals surface area (Å²) in [5, 5.41) is 11.1. The van der Waals surface area contributed by atoms with Crippen molar-refractivity contribution in [3.8, 4) is 0 Å². The van der Waals surface area contributed by atoms with Gasteiger partial charge in [0.25, 0.3) is 5.91 Å². The maximum absolute atomic E-state index is 12.8. The molecule has 0 spiro atoms. The van der Waals surface area contributed by atoms with E-state index in [1.54, 1.807) is 28.0 Å². The molecule has 0 saturated carbocycles. The van der Waals surface area contributed by atoms with Crippen molar-refractivity contribution in [2.75, 3.05) is 13.1 Å². The molecule has 0 unspecified atom stereocenters. The number of amides is 1. The zero-order chi connectivity index (χ0) is 16.9. The minimum atomic E-state index is -0.756. The predicted octanol–water partition coefficient (Wildman–Crippen LogP) is 3.98. The SMILES string of the molecule is O=C(O)C1CCN(C(=O)c2ccccc2SCc2cccs2)CC1. The van der Waals surface area contributed by atoms with E-state index in [2.05, 4.69) is 11.4 Å². The molecular formula is C18H19NO3S2. The van der Waals surface area contributed by atoms with Crippen LogP contribution in [0.25, 0.3) is 0 Å². The minimum Gasteiger partial charge on any atom is -0.481 e. The van der Waals surface area contributed by atoms with Crippen LogP contribution in [0, 0.1) is 5.92 Å². The summed E-state index contributed by atoms with van der Waals surface area (Å²) in [6, 6.07) is 11.8. The predicted molar refractivity (Wildman–Crippen MR) is 96.6 cm³/mol. The lowest BCUT2D eigenvalue weighted by molar-refractivity contribution is -0.143. The van der Waals surface area contributed by atoms with E-state index >= 15 is 0 Å². The monoisotopic (exact) mass is 361 g/mol. The molecule has 1 aromatic heterocycles. The highest BCUT2D eigenvalue weighted by Gasteiger charge is 2.28. The van der Waals surface area contributed by atoms with Crippen LogP contribution in [0.2, 0.25) is 0 Å². The van der Waals surface area contributed by atoms with Crippen molar-refractivity contribution in [3.05, 3.63) is 52.2 Å². The number of thioether (sulfide) groups is 1. The van der Waals surface area contributed by atoms with Gasteiger partial charge in [0.1, 0.15) is 0 Å². The Hall–Kier alpha value is -1.79. The fourth-order valence-electron chi connectivity index (χ4n) is 2.81. The lowest BCUT2D eigenvalue weighted by atomic mass is 9.96. The summed E-state index contributed by atoms with van der Waals surface area (Å²) in [5.74, 6) is -0.220. The van der Waals surface area contributed by atoms with Gasteiger partial charge in [0, 0.05) is 28.6 Å². The standard InChI is InChI=1S/C18H19NO3S2/c20-17(19-9-7-13(8-10-19)18(21)22)15-5-1-2-6-16(15)24-12-14-4-3-11-23-14/h1-6,11,13H,7-10,12H2,(H,21,22). The largest absolute Gasteiger partial charge is 0.481 e. The fourth-order valence-corrected chi connectivity index (χ4v) is 4.63. The second kappa shape index (κ2) is 7.85. The Morgan fingerprint density at radius 2 is 1.92 bits per heavy atom. The molecule has 1 fully saturated rings. The van der Waals surface area contributed by atoms with Gasteiger partial charge in [-0.2, -0.15) is 0 Å². The summed E-state index contributed by atoms with van der Waals surface area (Å²) in [6.45, 7) is 1.03. The summed E-state index contributed by atoms with van der Waals surface area (Å²) in [5.41, 5.74) is 0.716. The van der Waals surface area contributed by atoms with Crippen LogP contribution in [0.3, 0.4) is 0 Å². The number of carboxylic acids is 1. The van der Waals surface area contributed by atoms with E-state index in [4.69, 9.17) is 5.11 Å². The van der Waals surface area contributed by atoms with Crippen molar-refractivity contribution in [2.45, 2.75) is 23.5 Å². The summed E-state index contributed by atoms with van der Waals surface area (Å²) < 4.78 is 0. The zero-order valence-electron chi connectivity index (χ0n) is 13.2. The van der Waals surface area contributed by atoms with Crippen molar-refractivity contribution < 1.29 is 14.7 Å². The molecule has 6 heteroatoms. The summed E-state index contributed by atoms with van der Waals surface area (Å²) >= 11 is 3.39. The van der Waals surface area contributed by atoms with Crippen LogP contribution in [-0.2, 0) is 10.5 Å². The number of piperidine rings is 1. The normalized spacial score (nSPS) is 15.4. The molecule has 2 aromatic rings. The second-order valence-electron chi connectivity index (χ2n) is 5.77. The first kappa shape index (κ1) is 17.0. The molecule has 1 amide bonds. The van der Waals surface area contributed by atoms with Gasteiger partial charge in [0.15, 0.2) is 0 Å². The van der Waals surface area contributed by atoms with Gasteiger partial charge in [-0.05, 0) is 36.4 Å². The Morgan fingerprint density at radius 3 is 2.58 bits per heavy atom. The number of nitrogens with zero attached hydrogens (tertiary/aromatic N) is 1. The molecule has 0 bridgehead atoms. The molecule has 1 N–H and O–H groups in total. The van der Waals surface area contributed by atoms with Crippen molar-refractivity contribution in [1.29, 1.82) is 0 Å². The number of aliphatic carboxylic acids is 1. The van der Waals surface area contributed by atoms with E-state index in [9.17, 15) is 9.59 Å². The first-order valence-corrected chi connectivity index (χ1v) is 9.78. The quantitative estimate of drug-likeness (QED) is 0.819. The smallest absolute Gasteiger partial charge is 0.306 e. The lowest BCUT2D eigenvalue weighted by Gasteiger charge is -2.30. The molecule has 1 aliphatic heterocycles. The Balaban J connectivity index is 1.67. The maximum Gasteiger partial charge on any atom is 0.306 e. The molecule has 24 heavy (non-hydrogen) atoms. The molecule has 3 rings (SSSR count). The number of benzene rings is 1. The van der Waals surface area contributed by atoms with Gasteiger partial charge in [-0.15, -0.1) is 23.1 Å². The van der Waals surface area contributed by atoms with Gasteiger partial charge in [-0.3, -0.25) is 9.59 Å². The van der Waals surface area contributed by atoms with Crippen molar-refractivity contribution in [3.63, 3.8) is 0 Å². The third-order valence-electron chi connectivity index (χ3n) is 4.20. The Kier molecular flexibility index (Phi) is 5.58. The van der Waals surface area contributed by atoms with Gasteiger partial charge in [-0.1, -0.05) is 18.2 Å². The lowest BCUT2D eigenvalue weighted by Crippen LogP contribution is -2.40. The molecule has 1 aromatic carbocycles. The average molecular weight is 361 g/mol. The Bertz CT molecular complexity index is 707. The molecule has 2 heterocycles. The molecule has 1 saturated heterocycles. The highest BCUT2D eigenvalue weighted by molar-refractivity contribution is 7.98. The van der Waals surface area contributed by atoms with Gasteiger partial charge in [0.05, 0.1) is 11.5 Å². The highest BCUT2D eigenvalue weighted by atomic mass is 32.2. The van der Waals surface area contributed by atoms with E-state index < -0.39 is 5.97 Å². The summed E-state index contributed by atoms with van der Waals surface area (Å²) in [6.07, 6.45) is 1.07. The molecule has 0 atom stereocenters. The zero-order valence-corrected chi connectivity index (χ0v) is 14.8. The van der Waals surface area contributed by atoms with Crippen LogP contribution in [0.1, 0.15) is 28.1 Å². The second-order valence-corrected chi connectivity index (χ2v) is 7.82. The van der Waals surface area contributed by atoms with E-state index in [1.807, 2.05) is 30.3 Å². The van der Waals surface area contributed by atoms with Gasteiger partial charge in [-0.25, -0.2) is 0 Å². The summed E-state index contributed by atoms with van der Waals surface area (Å²) in [4.78, 5) is 27.9. The Morgan fingerprint density at radius 1 is 1.17 bits per heavy atom. The third-order valence-corrected chi connectivity index (χ3v) is 6.38. The highest BCUT2D eigenvalue weighted by Crippen LogP contribution is 2.29. The maximum atomic E-state index is 12.8. The van der Waals surface area contributed by atoms with Crippen molar-refractivity contribution in [2.24, 2.45) is 5.92 Å². The number of hydrogen-bond acceptors (Lipinski definition) is 4. The number of carbonyl (C=O) groups excluding carboxylic acids is 1. The topological polar surface area (TPSA) is 57.6 Å². The molecule has 0 aliphatic carbocycles. The van der Waals surface area contributed by atoms with Crippen LogP contribution in [0.4, 0.5) is 0 Å². The van der Waals surface area contributed by atoms with Gasteiger partial charge in [0.2, 0.25) is 0 Å². The van der Waals surface area contributed by atoms with Crippen LogP contribution in [0.15, 0.2) is 46.7 Å². The minimum absolute atomic E-state index is 0.00752. The number of carboxylic acid groups (broad SMARTS) is 1. The third kappa shape index (κ3) is 3.99. The molecule has 4 nitrogen and oxygen atoms in total. The molecule has 0 radical (unpaired) electrons. The van der Waals surface area contributed by atoms with E-state index in [0.717, 1.165) is 10.6 Å². The van der Waals surface area contributed by atoms with Crippen molar-refractivity contribution in [1.82, 2.24) is 4.90 Å². The Labute approximate surface area is 149 Å². The molecule has 1 aliphatic rings. The van der Waals surface area contributed by atoms with E-state index in [-0.39, 0.29) is 11.8 Å². The van der Waals surface area contributed by atoms with Gasteiger partial charge < -0.3 is 10.0 Å². The number of carbonyl (C=O) groups is 2. The van der Waals surface area contributed by atoms with Crippen LogP contribution in [-0.4, -0.2) is 35.0 Å². The average Bonchev–Trinajstić information content (AvgIpc) is 3.13. The van der Waals surface area contributed by atoms with Gasteiger partial charge >= 0.3 is 5.97 Å². The number of likely N-dealkylation sites (tertiary alicyclic amines) is 1. The number of rotatable bonds is 5. The first-order valence-electron chi connectivity index (χ1n) is 7.91.